The van der Waals surface area contributed by atoms with E-state index in [4.69, 9.17) is 16.3 Å². The molecule has 2 aromatic carbocycles. The first kappa shape index (κ1) is 20.0. The molecule has 1 amide bonds. The molecule has 0 spiro atoms. The minimum Gasteiger partial charge on any atom is -0.381 e. The molecule has 1 aliphatic rings. The number of halogens is 1. The Morgan fingerprint density at radius 1 is 1.21 bits per heavy atom. The average molecular weight is 428 g/mol. The fourth-order valence-electron chi connectivity index (χ4n) is 3.17. The first-order valence-electron chi connectivity index (χ1n) is 9.57. The van der Waals surface area contributed by atoms with Gasteiger partial charge in [-0.15, -0.1) is 0 Å². The predicted octanol–water partition coefficient (Wildman–Crippen LogP) is 5.19. The normalized spacial score (nSPS) is 14.7. The molecule has 7 heteroatoms. The van der Waals surface area contributed by atoms with Crippen LogP contribution in [0.3, 0.4) is 0 Å². The van der Waals surface area contributed by atoms with Crippen LogP contribution in [0.2, 0.25) is 5.02 Å². The van der Waals surface area contributed by atoms with Gasteiger partial charge in [0.25, 0.3) is 5.91 Å². The molecular weight excluding hydrogens is 406 g/mol. The monoisotopic (exact) mass is 427 g/mol. The number of nitrogens with one attached hydrogen (secondary N) is 1. The minimum atomic E-state index is -0.181. The fraction of sp³-hybridized carbons (Fsp3) is 0.273. The molecule has 0 atom stereocenters. The number of amides is 1. The highest BCUT2D eigenvalue weighted by Crippen LogP contribution is 2.26. The van der Waals surface area contributed by atoms with Gasteiger partial charge in [0, 0.05) is 41.1 Å². The van der Waals surface area contributed by atoms with Crippen molar-refractivity contribution in [2.24, 2.45) is 0 Å². The second kappa shape index (κ2) is 9.48. The number of carbonyl (C=O) groups is 1. The highest BCUT2D eigenvalue weighted by molar-refractivity contribution is 7.99. The van der Waals surface area contributed by atoms with Gasteiger partial charge in [0.2, 0.25) is 0 Å². The molecule has 0 bridgehead atoms. The van der Waals surface area contributed by atoms with Crippen LogP contribution in [0.4, 0.5) is 5.69 Å². The smallest absolute Gasteiger partial charge is 0.258 e. The summed E-state index contributed by atoms with van der Waals surface area (Å²) in [7, 11) is 0. The number of ether oxygens (including phenoxy) is 1. The van der Waals surface area contributed by atoms with Gasteiger partial charge in [-0.25, -0.2) is 4.68 Å². The molecule has 5 nitrogen and oxygen atoms in total. The molecule has 1 saturated heterocycles. The van der Waals surface area contributed by atoms with Crippen LogP contribution in [0.1, 0.15) is 28.8 Å². The van der Waals surface area contributed by atoms with Crippen molar-refractivity contribution in [1.29, 1.82) is 0 Å². The summed E-state index contributed by atoms with van der Waals surface area (Å²) in [6.45, 7) is 1.72. The summed E-state index contributed by atoms with van der Waals surface area (Å²) in [6.07, 6.45) is 5.50. The van der Waals surface area contributed by atoms with Crippen molar-refractivity contribution in [3.63, 3.8) is 0 Å². The Morgan fingerprint density at radius 3 is 2.79 bits per heavy atom. The van der Waals surface area contributed by atoms with Crippen molar-refractivity contribution in [3.8, 4) is 5.69 Å². The molecule has 1 aliphatic heterocycles. The van der Waals surface area contributed by atoms with Crippen LogP contribution in [0.5, 0.6) is 0 Å². The molecule has 1 N–H and O–H groups in total. The predicted molar refractivity (Wildman–Crippen MR) is 118 cm³/mol. The lowest BCUT2D eigenvalue weighted by Crippen LogP contribution is -2.17. The van der Waals surface area contributed by atoms with E-state index in [1.807, 2.05) is 42.1 Å². The van der Waals surface area contributed by atoms with E-state index >= 15 is 0 Å². The lowest BCUT2D eigenvalue weighted by atomic mass is 10.2. The largest absolute Gasteiger partial charge is 0.381 e. The van der Waals surface area contributed by atoms with Crippen molar-refractivity contribution in [2.75, 3.05) is 18.5 Å². The molecule has 1 aromatic heterocycles. The topological polar surface area (TPSA) is 56.1 Å². The molecule has 1 fully saturated rings. The third kappa shape index (κ3) is 5.41. The minimum absolute atomic E-state index is 0.181. The summed E-state index contributed by atoms with van der Waals surface area (Å²) in [5.41, 5.74) is 3.35. The summed E-state index contributed by atoms with van der Waals surface area (Å²) < 4.78 is 7.08. The van der Waals surface area contributed by atoms with Gasteiger partial charge in [0.05, 0.1) is 17.4 Å². The molecule has 0 radical (unpaired) electrons. The lowest BCUT2D eigenvalue weighted by molar-refractivity contribution is 0.1000. The number of benzene rings is 2. The molecule has 0 unspecified atom stereocenters. The lowest BCUT2D eigenvalue weighted by Gasteiger charge is -2.21. The molecule has 29 heavy (non-hydrogen) atoms. The Labute approximate surface area is 179 Å². The van der Waals surface area contributed by atoms with E-state index in [0.717, 1.165) is 43.2 Å². The maximum absolute atomic E-state index is 12.6. The van der Waals surface area contributed by atoms with Crippen molar-refractivity contribution in [3.05, 3.63) is 77.1 Å². The Bertz CT molecular complexity index is 968. The van der Waals surface area contributed by atoms with Crippen LogP contribution in [0, 0.1) is 0 Å². The summed E-state index contributed by atoms with van der Waals surface area (Å²) >= 11 is 7.88. The number of hydrogen-bond donors (Lipinski definition) is 1. The second-order valence-corrected chi connectivity index (χ2v) is 8.65. The van der Waals surface area contributed by atoms with Gasteiger partial charge in [-0.2, -0.15) is 16.9 Å². The number of carbonyl (C=O) groups excluding carboxylic acids is 1. The van der Waals surface area contributed by atoms with Gasteiger partial charge in [-0.05, 0) is 54.8 Å². The second-order valence-electron chi connectivity index (χ2n) is 6.93. The van der Waals surface area contributed by atoms with Crippen LogP contribution in [0.25, 0.3) is 5.69 Å². The number of thioether (sulfide) groups is 1. The molecule has 150 valence electrons. The summed E-state index contributed by atoms with van der Waals surface area (Å²) in [6, 6.07) is 15.3. The molecule has 0 aliphatic carbocycles. The Balaban J connectivity index is 1.37. The first-order valence-corrected chi connectivity index (χ1v) is 11.0. The zero-order valence-corrected chi connectivity index (χ0v) is 17.5. The van der Waals surface area contributed by atoms with E-state index < -0.39 is 0 Å². The maximum Gasteiger partial charge on any atom is 0.258 e. The summed E-state index contributed by atoms with van der Waals surface area (Å²) in [4.78, 5) is 12.6. The van der Waals surface area contributed by atoms with Crippen molar-refractivity contribution < 1.29 is 9.53 Å². The van der Waals surface area contributed by atoms with Crippen LogP contribution in [-0.2, 0) is 10.5 Å². The summed E-state index contributed by atoms with van der Waals surface area (Å²) in [5, 5.41) is 8.56. The maximum atomic E-state index is 12.6. The molecule has 4 rings (SSSR count). The van der Waals surface area contributed by atoms with Gasteiger partial charge in [0.15, 0.2) is 0 Å². The number of hydrogen-bond acceptors (Lipinski definition) is 4. The van der Waals surface area contributed by atoms with Gasteiger partial charge in [-0.3, -0.25) is 4.79 Å². The van der Waals surface area contributed by atoms with Gasteiger partial charge >= 0.3 is 0 Å². The van der Waals surface area contributed by atoms with Crippen molar-refractivity contribution in [2.45, 2.75) is 23.8 Å². The third-order valence-corrected chi connectivity index (χ3v) is 6.47. The SMILES string of the molecule is O=C(Nc1cccc(CSC2CCOCC2)c1)c1cnn(-c2ccc(Cl)cc2)c1. The van der Waals surface area contributed by atoms with E-state index in [1.165, 1.54) is 5.56 Å². The van der Waals surface area contributed by atoms with E-state index in [0.29, 0.717) is 15.8 Å². The Kier molecular flexibility index (Phi) is 6.54. The van der Waals surface area contributed by atoms with Gasteiger partial charge in [0.1, 0.15) is 0 Å². The van der Waals surface area contributed by atoms with Crippen molar-refractivity contribution >= 4 is 35.0 Å². The molecular formula is C22H22ClN3O2S. The first-order chi connectivity index (χ1) is 14.2. The molecule has 2 heterocycles. The zero-order chi connectivity index (χ0) is 20.1. The highest BCUT2D eigenvalue weighted by Gasteiger charge is 2.14. The Morgan fingerprint density at radius 2 is 2.00 bits per heavy atom. The third-order valence-electron chi connectivity index (χ3n) is 4.77. The summed E-state index contributed by atoms with van der Waals surface area (Å²) in [5.74, 6) is 0.752. The molecule has 3 aromatic rings. The zero-order valence-electron chi connectivity index (χ0n) is 15.9. The number of rotatable bonds is 6. The highest BCUT2D eigenvalue weighted by atomic mass is 35.5. The quantitative estimate of drug-likeness (QED) is 0.588. The van der Waals surface area contributed by atoms with E-state index in [-0.39, 0.29) is 5.91 Å². The Hall–Kier alpha value is -2.28. The van der Waals surface area contributed by atoms with Crippen LogP contribution in [-0.4, -0.2) is 34.2 Å². The van der Waals surface area contributed by atoms with E-state index in [1.54, 1.807) is 29.2 Å². The average Bonchev–Trinajstić information content (AvgIpc) is 3.24. The van der Waals surface area contributed by atoms with Crippen LogP contribution >= 0.6 is 23.4 Å². The standard InChI is InChI=1S/C22H22ClN3O2S/c23-18-4-6-20(7-5-18)26-14-17(13-24-26)22(27)25-19-3-1-2-16(12-19)15-29-21-8-10-28-11-9-21/h1-7,12-14,21H,8-11,15H2,(H,25,27). The number of aromatic nitrogens is 2. The molecule has 0 saturated carbocycles. The van der Waals surface area contributed by atoms with E-state index in [9.17, 15) is 4.79 Å². The van der Waals surface area contributed by atoms with Gasteiger partial charge < -0.3 is 10.1 Å². The number of anilines is 1. The van der Waals surface area contributed by atoms with Crippen molar-refractivity contribution in [1.82, 2.24) is 9.78 Å². The number of nitrogens with zero attached hydrogens (tertiary/aromatic N) is 2. The van der Waals surface area contributed by atoms with Crippen LogP contribution < -0.4 is 5.32 Å². The fourth-order valence-corrected chi connectivity index (χ4v) is 4.43. The van der Waals surface area contributed by atoms with Crippen LogP contribution in [0.15, 0.2) is 60.9 Å². The van der Waals surface area contributed by atoms with Gasteiger partial charge in [-0.1, -0.05) is 23.7 Å². The van der Waals surface area contributed by atoms with E-state index in [2.05, 4.69) is 16.5 Å².